The molecule has 1 aliphatic rings. The Bertz CT molecular complexity index is 462. The zero-order chi connectivity index (χ0) is 14.9. The summed E-state index contributed by atoms with van der Waals surface area (Å²) in [7, 11) is 0. The molecule has 0 saturated carbocycles. The summed E-state index contributed by atoms with van der Waals surface area (Å²) in [5.41, 5.74) is 1.26. The van der Waals surface area contributed by atoms with E-state index in [1.54, 1.807) is 4.90 Å². The summed E-state index contributed by atoms with van der Waals surface area (Å²) >= 11 is 0. The minimum atomic E-state index is -0.0753. The summed E-state index contributed by atoms with van der Waals surface area (Å²) in [6.07, 6.45) is 2.03. The third kappa shape index (κ3) is 5.55. The lowest BCUT2D eigenvalue weighted by Crippen LogP contribution is -2.49. The SMILES string of the molecule is O=C1CN(C(=O)CCCOCCc2ccccc2)CCN1. The summed E-state index contributed by atoms with van der Waals surface area (Å²) in [6.45, 7) is 2.61. The molecule has 0 aromatic heterocycles. The van der Waals surface area contributed by atoms with Gasteiger partial charge in [-0.25, -0.2) is 0 Å². The smallest absolute Gasteiger partial charge is 0.239 e. The van der Waals surface area contributed by atoms with Crippen molar-refractivity contribution in [2.24, 2.45) is 0 Å². The van der Waals surface area contributed by atoms with Gasteiger partial charge in [0.25, 0.3) is 0 Å². The standard InChI is InChI=1S/C16H22N2O3/c19-15-13-18(10-9-17-15)16(20)7-4-11-21-12-8-14-5-2-1-3-6-14/h1-3,5-6H,4,7-13H2,(H,17,19). The molecule has 1 aromatic rings. The van der Waals surface area contributed by atoms with Crippen molar-refractivity contribution >= 4 is 11.8 Å². The number of nitrogens with one attached hydrogen (secondary N) is 1. The van der Waals surface area contributed by atoms with Gasteiger partial charge in [0.2, 0.25) is 11.8 Å². The van der Waals surface area contributed by atoms with Crippen molar-refractivity contribution in [1.82, 2.24) is 10.2 Å². The summed E-state index contributed by atoms with van der Waals surface area (Å²) in [5.74, 6) is -0.0368. The van der Waals surface area contributed by atoms with Gasteiger partial charge in [0.05, 0.1) is 13.2 Å². The molecule has 1 N–H and O–H groups in total. The largest absolute Gasteiger partial charge is 0.381 e. The Kier molecular flexibility index (Phi) is 6.22. The molecule has 21 heavy (non-hydrogen) atoms. The zero-order valence-electron chi connectivity index (χ0n) is 12.2. The monoisotopic (exact) mass is 290 g/mol. The average molecular weight is 290 g/mol. The molecular weight excluding hydrogens is 268 g/mol. The highest BCUT2D eigenvalue weighted by atomic mass is 16.5. The van der Waals surface area contributed by atoms with Gasteiger partial charge in [0.1, 0.15) is 0 Å². The molecule has 5 heteroatoms. The highest BCUT2D eigenvalue weighted by Crippen LogP contribution is 2.02. The van der Waals surface area contributed by atoms with E-state index in [-0.39, 0.29) is 18.4 Å². The third-order valence-electron chi connectivity index (χ3n) is 3.45. The molecule has 1 heterocycles. The summed E-state index contributed by atoms with van der Waals surface area (Å²) < 4.78 is 5.55. The van der Waals surface area contributed by atoms with E-state index in [0.29, 0.717) is 39.1 Å². The van der Waals surface area contributed by atoms with E-state index in [2.05, 4.69) is 17.4 Å². The Labute approximate surface area is 125 Å². The van der Waals surface area contributed by atoms with Crippen molar-refractivity contribution in [2.45, 2.75) is 19.3 Å². The molecule has 114 valence electrons. The lowest BCUT2D eigenvalue weighted by atomic mass is 10.2. The van der Waals surface area contributed by atoms with Crippen molar-refractivity contribution in [3.05, 3.63) is 35.9 Å². The van der Waals surface area contributed by atoms with E-state index in [1.807, 2.05) is 18.2 Å². The average Bonchev–Trinajstić information content (AvgIpc) is 2.51. The number of hydrogen-bond donors (Lipinski definition) is 1. The second-order valence-corrected chi connectivity index (χ2v) is 5.12. The summed E-state index contributed by atoms with van der Waals surface area (Å²) in [5, 5.41) is 2.71. The molecule has 2 rings (SSSR count). The van der Waals surface area contributed by atoms with Gasteiger partial charge in [0.15, 0.2) is 0 Å². The van der Waals surface area contributed by atoms with E-state index in [9.17, 15) is 9.59 Å². The normalized spacial score (nSPS) is 14.9. The van der Waals surface area contributed by atoms with Gasteiger partial charge < -0.3 is 15.0 Å². The van der Waals surface area contributed by atoms with E-state index in [0.717, 1.165) is 6.42 Å². The molecule has 0 atom stereocenters. The zero-order valence-corrected chi connectivity index (χ0v) is 12.2. The van der Waals surface area contributed by atoms with Crippen LogP contribution < -0.4 is 5.32 Å². The van der Waals surface area contributed by atoms with E-state index >= 15 is 0 Å². The van der Waals surface area contributed by atoms with E-state index < -0.39 is 0 Å². The van der Waals surface area contributed by atoms with Gasteiger partial charge in [-0.15, -0.1) is 0 Å². The number of benzene rings is 1. The van der Waals surface area contributed by atoms with Gasteiger partial charge in [-0.3, -0.25) is 9.59 Å². The van der Waals surface area contributed by atoms with Crippen molar-refractivity contribution in [2.75, 3.05) is 32.8 Å². The quantitative estimate of drug-likeness (QED) is 0.762. The molecule has 0 aliphatic carbocycles. The van der Waals surface area contributed by atoms with E-state index in [1.165, 1.54) is 5.56 Å². The van der Waals surface area contributed by atoms with Crippen LogP contribution in [-0.4, -0.2) is 49.6 Å². The first kappa shape index (κ1) is 15.5. The fourth-order valence-corrected chi connectivity index (χ4v) is 2.27. The van der Waals surface area contributed by atoms with Crippen LogP contribution in [0.3, 0.4) is 0 Å². The number of carbonyl (C=O) groups excluding carboxylic acids is 2. The van der Waals surface area contributed by atoms with E-state index in [4.69, 9.17) is 4.74 Å². The van der Waals surface area contributed by atoms with Crippen LogP contribution in [0.1, 0.15) is 18.4 Å². The van der Waals surface area contributed by atoms with Crippen LogP contribution in [-0.2, 0) is 20.7 Å². The summed E-state index contributed by atoms with van der Waals surface area (Å²) in [4.78, 5) is 24.7. The molecule has 0 unspecified atom stereocenters. The maximum atomic E-state index is 11.9. The Morgan fingerprint density at radius 1 is 1.24 bits per heavy atom. The van der Waals surface area contributed by atoms with Gasteiger partial charge in [0, 0.05) is 26.1 Å². The highest BCUT2D eigenvalue weighted by Gasteiger charge is 2.20. The number of nitrogens with zero attached hydrogens (tertiary/aromatic N) is 1. The van der Waals surface area contributed by atoms with Crippen molar-refractivity contribution in [3.63, 3.8) is 0 Å². The summed E-state index contributed by atoms with van der Waals surface area (Å²) in [6, 6.07) is 10.2. The molecule has 1 fully saturated rings. The molecule has 2 amide bonds. The number of ether oxygens (including phenoxy) is 1. The molecule has 1 aliphatic heterocycles. The first-order valence-corrected chi connectivity index (χ1v) is 7.42. The molecule has 1 saturated heterocycles. The molecule has 0 spiro atoms. The van der Waals surface area contributed by atoms with Crippen LogP contribution in [0.2, 0.25) is 0 Å². The fraction of sp³-hybridized carbons (Fsp3) is 0.500. The van der Waals surface area contributed by atoms with Gasteiger partial charge >= 0.3 is 0 Å². The predicted octanol–water partition coefficient (Wildman–Crippen LogP) is 0.984. The maximum absolute atomic E-state index is 11.9. The van der Waals surface area contributed by atoms with Crippen LogP contribution in [0.15, 0.2) is 30.3 Å². The highest BCUT2D eigenvalue weighted by molar-refractivity contribution is 5.85. The molecular formula is C16H22N2O3. The molecule has 0 radical (unpaired) electrons. The molecule has 0 bridgehead atoms. The number of rotatable bonds is 7. The van der Waals surface area contributed by atoms with Crippen molar-refractivity contribution in [1.29, 1.82) is 0 Å². The lowest BCUT2D eigenvalue weighted by molar-refractivity contribution is -0.138. The minimum absolute atomic E-state index is 0.0384. The second kappa shape index (κ2) is 8.42. The number of hydrogen-bond acceptors (Lipinski definition) is 3. The van der Waals surface area contributed by atoms with Gasteiger partial charge in [-0.2, -0.15) is 0 Å². The molecule has 1 aromatic carbocycles. The van der Waals surface area contributed by atoms with Crippen LogP contribution in [0.25, 0.3) is 0 Å². The minimum Gasteiger partial charge on any atom is -0.381 e. The Morgan fingerprint density at radius 2 is 2.05 bits per heavy atom. The Morgan fingerprint density at radius 3 is 2.81 bits per heavy atom. The van der Waals surface area contributed by atoms with Crippen molar-refractivity contribution in [3.8, 4) is 0 Å². The fourth-order valence-electron chi connectivity index (χ4n) is 2.27. The lowest BCUT2D eigenvalue weighted by Gasteiger charge is -2.26. The first-order chi connectivity index (χ1) is 10.3. The predicted molar refractivity (Wildman–Crippen MR) is 79.8 cm³/mol. The number of piperazine rings is 1. The van der Waals surface area contributed by atoms with Crippen LogP contribution in [0.5, 0.6) is 0 Å². The third-order valence-corrected chi connectivity index (χ3v) is 3.45. The number of carbonyl (C=O) groups is 2. The van der Waals surface area contributed by atoms with Crippen LogP contribution in [0, 0.1) is 0 Å². The second-order valence-electron chi connectivity index (χ2n) is 5.12. The molecule has 5 nitrogen and oxygen atoms in total. The topological polar surface area (TPSA) is 58.6 Å². The van der Waals surface area contributed by atoms with Crippen LogP contribution in [0.4, 0.5) is 0 Å². The van der Waals surface area contributed by atoms with Crippen molar-refractivity contribution < 1.29 is 14.3 Å². The van der Waals surface area contributed by atoms with Gasteiger partial charge in [-0.05, 0) is 18.4 Å². The van der Waals surface area contributed by atoms with Gasteiger partial charge in [-0.1, -0.05) is 30.3 Å². The van der Waals surface area contributed by atoms with Crippen LogP contribution >= 0.6 is 0 Å². The number of amides is 2. The maximum Gasteiger partial charge on any atom is 0.239 e. The first-order valence-electron chi connectivity index (χ1n) is 7.42. The Balaban J connectivity index is 1.53. The Hall–Kier alpha value is -1.88.